The minimum absolute atomic E-state index is 0.940. The molecule has 0 saturated heterocycles. The highest BCUT2D eigenvalue weighted by Gasteiger charge is 2.19. The molecular weight excluding hydrogens is 252 g/mol. The first-order chi connectivity index (χ1) is 9.33. The molecule has 1 aliphatic heterocycles. The number of nitrogens with two attached hydrogens (primary N) is 1. The molecule has 1 aliphatic rings. The van der Waals surface area contributed by atoms with Gasteiger partial charge in [-0.1, -0.05) is 30.3 Å². The first-order valence-electron chi connectivity index (χ1n) is 6.59. The lowest BCUT2D eigenvalue weighted by molar-refractivity contribution is 0.304. The van der Waals surface area contributed by atoms with Gasteiger partial charge in [-0.25, -0.2) is 0 Å². The summed E-state index contributed by atoms with van der Waals surface area (Å²) in [6.07, 6.45) is 0. The van der Waals surface area contributed by atoms with E-state index in [-0.39, 0.29) is 0 Å². The first kappa shape index (κ1) is 12.6. The molecule has 19 heavy (non-hydrogen) atoms. The van der Waals surface area contributed by atoms with Gasteiger partial charge in [-0.2, -0.15) is 0 Å². The van der Waals surface area contributed by atoms with E-state index in [2.05, 4.69) is 47.4 Å². The van der Waals surface area contributed by atoms with Crippen LogP contribution in [0, 0.1) is 0 Å². The normalized spacial score (nSPS) is 14.5. The molecule has 0 radical (unpaired) electrons. The molecule has 98 valence electrons. The van der Waals surface area contributed by atoms with Crippen molar-refractivity contribution in [3.05, 3.63) is 59.7 Å². The van der Waals surface area contributed by atoms with E-state index in [1.54, 1.807) is 0 Å². The maximum atomic E-state index is 6.02. The molecule has 0 aliphatic carbocycles. The highest BCUT2D eigenvalue weighted by atomic mass is 32.2. The third kappa shape index (κ3) is 2.94. The number of hydrogen-bond donors (Lipinski definition) is 1. The Kier molecular flexibility index (Phi) is 3.76. The molecule has 0 bridgehead atoms. The molecule has 3 rings (SSSR count). The van der Waals surface area contributed by atoms with Crippen LogP contribution >= 0.6 is 11.8 Å². The van der Waals surface area contributed by atoms with Gasteiger partial charge < -0.3 is 5.73 Å². The summed E-state index contributed by atoms with van der Waals surface area (Å²) in [6, 6.07) is 16.8. The number of anilines is 1. The van der Waals surface area contributed by atoms with Crippen molar-refractivity contribution in [2.45, 2.75) is 18.0 Å². The average molecular weight is 270 g/mol. The van der Waals surface area contributed by atoms with E-state index in [0.717, 1.165) is 31.1 Å². The largest absolute Gasteiger partial charge is 0.398 e. The zero-order chi connectivity index (χ0) is 13.1. The zero-order valence-electron chi connectivity index (χ0n) is 10.9. The first-order valence-corrected chi connectivity index (χ1v) is 7.58. The van der Waals surface area contributed by atoms with Crippen molar-refractivity contribution >= 4 is 17.4 Å². The molecule has 2 aromatic rings. The number of hydrogen-bond acceptors (Lipinski definition) is 3. The smallest absolute Gasteiger partial charge is 0.0363 e. The van der Waals surface area contributed by atoms with Crippen LogP contribution in [0.3, 0.4) is 0 Å². The molecular formula is C16H18N2S. The van der Waals surface area contributed by atoms with Crippen LogP contribution in [0.2, 0.25) is 0 Å². The average Bonchev–Trinajstić information content (AvgIpc) is 2.84. The summed E-state index contributed by atoms with van der Waals surface area (Å²) < 4.78 is 0. The van der Waals surface area contributed by atoms with E-state index >= 15 is 0 Å². The van der Waals surface area contributed by atoms with Crippen molar-refractivity contribution in [3.63, 3.8) is 0 Å². The number of benzene rings is 2. The Morgan fingerprint density at radius 3 is 2.63 bits per heavy atom. The maximum Gasteiger partial charge on any atom is 0.0363 e. The second kappa shape index (κ2) is 5.68. The van der Waals surface area contributed by atoms with Crippen LogP contribution in [-0.2, 0) is 13.1 Å². The summed E-state index contributed by atoms with van der Waals surface area (Å²) in [6.45, 7) is 3.14. The van der Waals surface area contributed by atoms with Crippen LogP contribution in [0.15, 0.2) is 53.4 Å². The van der Waals surface area contributed by atoms with Crippen molar-refractivity contribution in [2.24, 2.45) is 0 Å². The highest BCUT2D eigenvalue weighted by Crippen LogP contribution is 2.28. The lowest BCUT2D eigenvalue weighted by Gasteiger charge is -2.14. The van der Waals surface area contributed by atoms with Gasteiger partial charge in [-0.05, 0) is 29.3 Å². The quantitative estimate of drug-likeness (QED) is 0.682. The number of nitrogen functional groups attached to an aromatic ring is 1. The topological polar surface area (TPSA) is 29.3 Å². The van der Waals surface area contributed by atoms with Crippen LogP contribution in [0.4, 0.5) is 5.69 Å². The number of rotatable bonds is 4. The summed E-state index contributed by atoms with van der Waals surface area (Å²) in [4.78, 5) is 3.82. The van der Waals surface area contributed by atoms with Crippen LogP contribution < -0.4 is 5.73 Å². The van der Waals surface area contributed by atoms with E-state index in [1.165, 1.54) is 16.0 Å². The van der Waals surface area contributed by atoms with Crippen LogP contribution in [0.1, 0.15) is 11.1 Å². The molecule has 1 heterocycles. The fourth-order valence-corrected chi connectivity index (χ4v) is 3.42. The van der Waals surface area contributed by atoms with Crippen molar-refractivity contribution in [2.75, 3.05) is 18.0 Å². The molecule has 0 atom stereocenters. The van der Waals surface area contributed by atoms with Crippen LogP contribution in [-0.4, -0.2) is 17.2 Å². The number of fused-ring (bicyclic) bond motifs is 1. The van der Waals surface area contributed by atoms with E-state index in [1.807, 2.05) is 17.8 Å². The summed E-state index contributed by atoms with van der Waals surface area (Å²) >= 11 is 1.92. The summed E-state index contributed by atoms with van der Waals surface area (Å²) in [7, 11) is 0. The number of nitrogens with zero attached hydrogens (tertiary/aromatic N) is 1. The molecule has 2 N–H and O–H groups in total. The second-order valence-electron chi connectivity index (χ2n) is 4.86. The van der Waals surface area contributed by atoms with Gasteiger partial charge in [-0.3, -0.25) is 4.90 Å². The highest BCUT2D eigenvalue weighted by molar-refractivity contribution is 7.99. The Labute approximate surface area is 118 Å². The van der Waals surface area contributed by atoms with Gasteiger partial charge in [0.1, 0.15) is 0 Å². The van der Waals surface area contributed by atoms with Gasteiger partial charge in [0.15, 0.2) is 0 Å². The van der Waals surface area contributed by atoms with Gasteiger partial charge in [0.05, 0.1) is 0 Å². The van der Waals surface area contributed by atoms with Crippen molar-refractivity contribution in [3.8, 4) is 0 Å². The van der Waals surface area contributed by atoms with E-state index in [0.29, 0.717) is 0 Å². The number of thioether (sulfide) groups is 1. The molecule has 0 amide bonds. The Morgan fingerprint density at radius 2 is 1.84 bits per heavy atom. The Balaban J connectivity index is 1.53. The molecule has 2 aromatic carbocycles. The molecule has 0 saturated carbocycles. The molecule has 0 aromatic heterocycles. The molecule has 2 nitrogen and oxygen atoms in total. The van der Waals surface area contributed by atoms with E-state index in [4.69, 9.17) is 5.73 Å². The Bertz CT molecular complexity index is 554. The van der Waals surface area contributed by atoms with Crippen molar-refractivity contribution in [1.29, 1.82) is 0 Å². The van der Waals surface area contributed by atoms with Gasteiger partial charge in [0, 0.05) is 36.0 Å². The fourth-order valence-electron chi connectivity index (χ4n) is 2.48. The van der Waals surface area contributed by atoms with Gasteiger partial charge >= 0.3 is 0 Å². The Morgan fingerprint density at radius 1 is 1.00 bits per heavy atom. The Hall–Kier alpha value is -1.45. The van der Waals surface area contributed by atoms with Crippen LogP contribution in [0.5, 0.6) is 0 Å². The van der Waals surface area contributed by atoms with E-state index in [9.17, 15) is 0 Å². The molecule has 3 heteroatoms. The summed E-state index contributed by atoms with van der Waals surface area (Å²) in [5.74, 6) is 1.12. The van der Waals surface area contributed by atoms with E-state index < -0.39 is 0 Å². The molecule has 0 fully saturated rings. The van der Waals surface area contributed by atoms with Crippen LogP contribution in [0.25, 0.3) is 0 Å². The van der Waals surface area contributed by atoms with Gasteiger partial charge in [0.2, 0.25) is 0 Å². The minimum atomic E-state index is 0.940. The zero-order valence-corrected chi connectivity index (χ0v) is 11.7. The molecule has 0 unspecified atom stereocenters. The second-order valence-corrected chi connectivity index (χ2v) is 6.03. The van der Waals surface area contributed by atoms with Gasteiger partial charge in [0.25, 0.3) is 0 Å². The standard InChI is InChI=1S/C16H18N2S/c17-16-8-4-5-13-11-18(12-15(13)16)9-10-19-14-6-2-1-3-7-14/h1-8H,9-12,17H2. The monoisotopic (exact) mass is 270 g/mol. The van der Waals surface area contributed by atoms with Crippen molar-refractivity contribution in [1.82, 2.24) is 4.90 Å². The third-order valence-electron chi connectivity index (χ3n) is 3.50. The summed E-state index contributed by atoms with van der Waals surface area (Å²) in [5.41, 5.74) is 9.68. The SMILES string of the molecule is Nc1cccc2c1CN(CCSc1ccccc1)C2. The fraction of sp³-hybridized carbons (Fsp3) is 0.250. The third-order valence-corrected chi connectivity index (χ3v) is 4.50. The lowest BCUT2D eigenvalue weighted by atomic mass is 10.1. The minimum Gasteiger partial charge on any atom is -0.398 e. The maximum absolute atomic E-state index is 6.02. The predicted octanol–water partition coefficient (Wildman–Crippen LogP) is 3.38. The summed E-state index contributed by atoms with van der Waals surface area (Å²) in [5, 5.41) is 0. The van der Waals surface area contributed by atoms with Crippen molar-refractivity contribution < 1.29 is 0 Å². The molecule has 0 spiro atoms. The predicted molar refractivity (Wildman–Crippen MR) is 82.1 cm³/mol. The van der Waals surface area contributed by atoms with Gasteiger partial charge in [-0.15, -0.1) is 11.8 Å². The lowest BCUT2D eigenvalue weighted by Crippen LogP contribution is -2.19.